The van der Waals surface area contributed by atoms with E-state index in [9.17, 15) is 0 Å². The second-order valence-electron chi connectivity index (χ2n) is 7.72. The van der Waals surface area contributed by atoms with Gasteiger partial charge in [0.25, 0.3) is 0 Å². The Bertz CT molecular complexity index is 147. The second-order valence-corrected chi connectivity index (χ2v) is 7.72. The molecule has 0 amide bonds. The summed E-state index contributed by atoms with van der Waals surface area (Å²) in [7, 11) is 0. The van der Waals surface area contributed by atoms with E-state index in [1.165, 1.54) is 103 Å². The minimum Gasteiger partial charge on any atom is -0.0654 e. The Kier molecular flexibility index (Phi) is 37.0. The molecular weight excluding hydrogens is 288 g/mol. The maximum absolute atomic E-state index is 2.29. The van der Waals surface area contributed by atoms with Crippen LogP contribution in [0.1, 0.15) is 151 Å². The van der Waals surface area contributed by atoms with E-state index >= 15 is 0 Å². The lowest BCUT2D eigenvalue weighted by molar-refractivity contribution is 0.534. The third kappa shape index (κ3) is 43.1. The van der Waals surface area contributed by atoms with Crippen LogP contribution >= 0.6 is 0 Å². The minimum atomic E-state index is 0.904. The zero-order valence-electron chi connectivity index (χ0n) is 18.9. The van der Waals surface area contributed by atoms with Crippen LogP contribution in [-0.4, -0.2) is 0 Å². The van der Waals surface area contributed by atoms with Gasteiger partial charge in [-0.05, 0) is 5.92 Å². The Morgan fingerprint density at radius 1 is 0.375 bits per heavy atom. The van der Waals surface area contributed by atoms with Crippen LogP contribution < -0.4 is 0 Å². The summed E-state index contributed by atoms with van der Waals surface area (Å²) < 4.78 is 0. The highest BCUT2D eigenvalue weighted by atomic mass is 14.0. The molecule has 0 radical (unpaired) electrons. The fraction of sp³-hybridized carbons (Fsp3) is 1.00. The highest BCUT2D eigenvalue weighted by molar-refractivity contribution is 4.44. The van der Waals surface area contributed by atoms with Gasteiger partial charge in [-0.15, -0.1) is 0 Å². The number of unbranched alkanes of at least 4 members (excludes halogenated alkanes) is 12. The van der Waals surface area contributed by atoms with Crippen LogP contribution in [-0.2, 0) is 0 Å². The summed E-state index contributed by atoms with van der Waals surface area (Å²) in [5.74, 6) is 0.904. The normalized spacial score (nSPS) is 10.0. The van der Waals surface area contributed by atoms with E-state index in [1.807, 2.05) is 0 Å². The van der Waals surface area contributed by atoms with Gasteiger partial charge in [-0.2, -0.15) is 0 Å². The van der Waals surface area contributed by atoms with Crippen molar-refractivity contribution in [3.8, 4) is 0 Å². The van der Waals surface area contributed by atoms with Crippen LogP contribution in [0.2, 0.25) is 0 Å². The first kappa shape index (κ1) is 28.8. The van der Waals surface area contributed by atoms with E-state index in [-0.39, 0.29) is 0 Å². The standard InChI is InChI=1S/C10H22.C8H18.C6H14/c1-3-5-7-9-10-8-6-4-2;1-4-5-6-7-8(2)3;1-3-5-6-4-2/h3-10H2,1-2H3;8H,4-7H2,1-3H3;3-6H2,1-2H3. The van der Waals surface area contributed by atoms with Crippen molar-refractivity contribution in [1.82, 2.24) is 0 Å². The van der Waals surface area contributed by atoms with Gasteiger partial charge >= 0.3 is 0 Å². The van der Waals surface area contributed by atoms with E-state index in [2.05, 4.69) is 48.5 Å². The van der Waals surface area contributed by atoms with E-state index in [1.54, 1.807) is 0 Å². The SMILES string of the molecule is CCCCCC.CCCCCC(C)C.CCCCCCCCCC. The van der Waals surface area contributed by atoms with Crippen molar-refractivity contribution >= 4 is 0 Å². The van der Waals surface area contributed by atoms with E-state index in [0.717, 1.165) is 5.92 Å². The van der Waals surface area contributed by atoms with Gasteiger partial charge in [0.15, 0.2) is 0 Å². The van der Waals surface area contributed by atoms with Crippen LogP contribution in [0, 0.1) is 5.92 Å². The molecule has 0 aromatic rings. The molecular formula is C24H54. The molecule has 0 bridgehead atoms. The predicted molar refractivity (Wildman–Crippen MR) is 117 cm³/mol. The number of hydrogen-bond donors (Lipinski definition) is 0. The van der Waals surface area contributed by atoms with Crippen molar-refractivity contribution in [2.75, 3.05) is 0 Å². The molecule has 0 heteroatoms. The van der Waals surface area contributed by atoms with Crippen LogP contribution in [0.4, 0.5) is 0 Å². The average molecular weight is 343 g/mol. The molecule has 0 spiro atoms. The topological polar surface area (TPSA) is 0 Å². The summed E-state index contributed by atoms with van der Waals surface area (Å²) in [6.45, 7) is 15.8. The lowest BCUT2D eigenvalue weighted by Gasteiger charge is -2.00. The van der Waals surface area contributed by atoms with Gasteiger partial charge < -0.3 is 0 Å². The quantitative estimate of drug-likeness (QED) is 0.275. The first-order valence-electron chi connectivity index (χ1n) is 11.6. The first-order valence-corrected chi connectivity index (χ1v) is 11.6. The van der Waals surface area contributed by atoms with Crippen molar-refractivity contribution in [1.29, 1.82) is 0 Å². The van der Waals surface area contributed by atoms with Crippen LogP contribution in [0.25, 0.3) is 0 Å². The second kappa shape index (κ2) is 30.8. The highest BCUT2D eigenvalue weighted by Gasteiger charge is 1.90. The fourth-order valence-corrected chi connectivity index (χ4v) is 2.51. The molecule has 150 valence electrons. The fourth-order valence-electron chi connectivity index (χ4n) is 2.51. The third-order valence-electron chi connectivity index (χ3n) is 4.30. The van der Waals surface area contributed by atoms with Crippen LogP contribution in [0.3, 0.4) is 0 Å². The molecule has 0 rings (SSSR count). The Hall–Kier alpha value is 0. The Morgan fingerprint density at radius 2 is 0.625 bits per heavy atom. The summed E-state index contributed by atoms with van der Waals surface area (Å²) in [6, 6.07) is 0. The maximum atomic E-state index is 2.29. The zero-order chi connectivity index (χ0) is 18.9. The lowest BCUT2D eigenvalue weighted by atomic mass is 10.1. The van der Waals surface area contributed by atoms with Gasteiger partial charge in [-0.1, -0.05) is 151 Å². The van der Waals surface area contributed by atoms with Gasteiger partial charge in [0.2, 0.25) is 0 Å². The summed E-state index contributed by atoms with van der Waals surface area (Å²) in [6.07, 6.45) is 22.6. The molecule has 0 atom stereocenters. The summed E-state index contributed by atoms with van der Waals surface area (Å²) >= 11 is 0. The van der Waals surface area contributed by atoms with E-state index < -0.39 is 0 Å². The minimum absolute atomic E-state index is 0.904. The smallest absolute Gasteiger partial charge is 0.0471 e. The van der Waals surface area contributed by atoms with Crippen molar-refractivity contribution in [3.05, 3.63) is 0 Å². The molecule has 0 aliphatic heterocycles. The van der Waals surface area contributed by atoms with Gasteiger partial charge in [-0.3, -0.25) is 0 Å². The zero-order valence-corrected chi connectivity index (χ0v) is 18.9. The van der Waals surface area contributed by atoms with Crippen molar-refractivity contribution in [2.24, 2.45) is 5.92 Å². The van der Waals surface area contributed by atoms with Crippen molar-refractivity contribution in [3.63, 3.8) is 0 Å². The summed E-state index contributed by atoms with van der Waals surface area (Å²) in [5.41, 5.74) is 0. The molecule has 0 unspecified atom stereocenters. The molecule has 0 N–H and O–H groups in total. The molecule has 0 aliphatic rings. The van der Waals surface area contributed by atoms with Crippen LogP contribution in [0.5, 0.6) is 0 Å². The Labute approximate surface area is 157 Å². The molecule has 24 heavy (non-hydrogen) atoms. The Morgan fingerprint density at radius 3 is 0.917 bits per heavy atom. The first-order chi connectivity index (χ1) is 11.6. The third-order valence-corrected chi connectivity index (χ3v) is 4.30. The molecule has 0 saturated heterocycles. The molecule has 0 aromatic heterocycles. The molecule has 0 saturated carbocycles. The lowest BCUT2D eigenvalue weighted by Crippen LogP contribution is -1.85. The molecule has 0 aromatic carbocycles. The Balaban J connectivity index is -0.000000285. The van der Waals surface area contributed by atoms with E-state index in [4.69, 9.17) is 0 Å². The van der Waals surface area contributed by atoms with Crippen LogP contribution in [0.15, 0.2) is 0 Å². The van der Waals surface area contributed by atoms with Gasteiger partial charge in [0.05, 0.1) is 0 Å². The average Bonchev–Trinajstić information content (AvgIpc) is 2.57. The molecule has 0 aliphatic carbocycles. The number of hydrogen-bond acceptors (Lipinski definition) is 0. The summed E-state index contributed by atoms with van der Waals surface area (Å²) in [4.78, 5) is 0. The monoisotopic (exact) mass is 342 g/mol. The van der Waals surface area contributed by atoms with Gasteiger partial charge in [0.1, 0.15) is 0 Å². The molecule has 0 heterocycles. The summed E-state index contributed by atoms with van der Waals surface area (Å²) in [5, 5.41) is 0. The molecule has 0 nitrogen and oxygen atoms in total. The maximum Gasteiger partial charge on any atom is -0.0471 e. The highest BCUT2D eigenvalue weighted by Crippen LogP contribution is 2.08. The largest absolute Gasteiger partial charge is 0.0654 e. The van der Waals surface area contributed by atoms with Gasteiger partial charge in [0, 0.05) is 0 Å². The number of rotatable bonds is 14. The van der Waals surface area contributed by atoms with E-state index in [0.29, 0.717) is 0 Å². The van der Waals surface area contributed by atoms with Crippen molar-refractivity contribution < 1.29 is 0 Å². The van der Waals surface area contributed by atoms with Gasteiger partial charge in [-0.25, -0.2) is 0 Å². The predicted octanol–water partition coefficient (Wildman–Crippen LogP) is 9.96. The molecule has 0 fully saturated rings. The van der Waals surface area contributed by atoms with Crippen molar-refractivity contribution in [2.45, 2.75) is 151 Å².